The molecule has 1 aliphatic heterocycles. The fourth-order valence-corrected chi connectivity index (χ4v) is 3.76. The van der Waals surface area contributed by atoms with Crippen molar-refractivity contribution < 1.29 is 23.9 Å². The summed E-state index contributed by atoms with van der Waals surface area (Å²) in [7, 11) is 3.12. The number of amides is 4. The lowest BCUT2D eigenvalue weighted by molar-refractivity contribution is -0.140. The first-order chi connectivity index (χ1) is 13.4. The predicted octanol–water partition coefficient (Wildman–Crippen LogP) is 2.17. The molecular weight excluding hydrogens is 362 g/mol. The molecule has 1 aromatic rings. The quantitative estimate of drug-likeness (QED) is 0.727. The third-order valence-corrected chi connectivity index (χ3v) is 5.58. The second kappa shape index (κ2) is 8.08. The van der Waals surface area contributed by atoms with Gasteiger partial charge in [0.2, 0.25) is 5.91 Å². The Morgan fingerprint density at radius 1 is 1.18 bits per heavy atom. The molecule has 1 aliphatic carbocycles. The van der Waals surface area contributed by atoms with Crippen molar-refractivity contribution in [2.45, 2.75) is 51.0 Å². The summed E-state index contributed by atoms with van der Waals surface area (Å²) in [6.45, 7) is 2.14. The van der Waals surface area contributed by atoms with Gasteiger partial charge in [-0.1, -0.05) is 6.92 Å². The van der Waals surface area contributed by atoms with E-state index in [-0.39, 0.29) is 12.3 Å². The molecule has 1 spiro atoms. The summed E-state index contributed by atoms with van der Waals surface area (Å²) in [5, 5.41) is 3.63. The molecule has 0 aromatic heterocycles. The van der Waals surface area contributed by atoms with Crippen molar-refractivity contribution >= 4 is 17.8 Å². The molecule has 1 heterocycles. The molecule has 0 atom stereocenters. The molecule has 2 N–H and O–H groups in total. The number of carbonyl (C=O) groups is 3. The van der Waals surface area contributed by atoms with Crippen molar-refractivity contribution in [2.75, 3.05) is 14.2 Å². The van der Waals surface area contributed by atoms with Crippen LogP contribution < -0.4 is 20.2 Å². The highest BCUT2D eigenvalue weighted by Crippen LogP contribution is 2.35. The van der Waals surface area contributed by atoms with E-state index in [1.165, 1.54) is 0 Å². The molecule has 1 aromatic carbocycles. The number of nitrogens with one attached hydrogen (secondary N) is 2. The molecule has 2 aliphatic rings. The number of hydrazine groups is 1. The lowest BCUT2D eigenvalue weighted by Gasteiger charge is -2.33. The molecule has 0 radical (unpaired) electrons. The van der Waals surface area contributed by atoms with Gasteiger partial charge in [-0.05, 0) is 55.7 Å². The van der Waals surface area contributed by atoms with Crippen molar-refractivity contribution in [1.29, 1.82) is 0 Å². The van der Waals surface area contributed by atoms with Crippen LogP contribution in [0.2, 0.25) is 0 Å². The topological polar surface area (TPSA) is 97.0 Å². The Kier molecular flexibility index (Phi) is 5.76. The number of methoxy groups -OCH3 is 2. The molecule has 28 heavy (non-hydrogen) atoms. The minimum Gasteiger partial charge on any atom is -0.497 e. The number of hydrogen-bond acceptors (Lipinski definition) is 5. The molecule has 0 bridgehead atoms. The largest absolute Gasteiger partial charge is 0.497 e. The fraction of sp³-hybridized carbons (Fsp3) is 0.550. The predicted molar refractivity (Wildman–Crippen MR) is 102 cm³/mol. The number of nitrogens with zero attached hydrogens (tertiary/aromatic N) is 1. The van der Waals surface area contributed by atoms with Crippen LogP contribution in [0.25, 0.3) is 0 Å². The summed E-state index contributed by atoms with van der Waals surface area (Å²) in [6, 6.07) is 4.83. The first-order valence-electron chi connectivity index (χ1n) is 9.55. The van der Waals surface area contributed by atoms with E-state index in [2.05, 4.69) is 17.7 Å². The third kappa shape index (κ3) is 4.05. The van der Waals surface area contributed by atoms with Gasteiger partial charge in [0.15, 0.2) is 0 Å². The van der Waals surface area contributed by atoms with E-state index in [9.17, 15) is 14.4 Å². The van der Waals surface area contributed by atoms with Gasteiger partial charge in [0.25, 0.3) is 5.91 Å². The van der Waals surface area contributed by atoms with E-state index < -0.39 is 17.5 Å². The highest BCUT2D eigenvalue weighted by atomic mass is 16.5. The minimum absolute atomic E-state index is 0.122. The zero-order chi connectivity index (χ0) is 20.3. The van der Waals surface area contributed by atoms with Crippen LogP contribution in [-0.2, 0) is 16.0 Å². The van der Waals surface area contributed by atoms with E-state index in [4.69, 9.17) is 9.47 Å². The van der Waals surface area contributed by atoms with Crippen molar-refractivity contribution in [2.24, 2.45) is 5.92 Å². The van der Waals surface area contributed by atoms with Crippen LogP contribution in [0.3, 0.4) is 0 Å². The third-order valence-electron chi connectivity index (χ3n) is 5.58. The molecule has 152 valence electrons. The second-order valence-electron chi connectivity index (χ2n) is 7.59. The molecule has 2 fully saturated rings. The number of ether oxygens (including phenoxy) is 2. The Labute approximate surface area is 164 Å². The monoisotopic (exact) mass is 389 g/mol. The van der Waals surface area contributed by atoms with E-state index in [1.54, 1.807) is 20.3 Å². The van der Waals surface area contributed by atoms with Crippen LogP contribution in [0.5, 0.6) is 11.5 Å². The molecule has 4 amide bonds. The highest BCUT2D eigenvalue weighted by Gasteiger charge is 2.52. The Hall–Kier alpha value is -2.77. The Morgan fingerprint density at radius 2 is 1.79 bits per heavy atom. The number of carbonyl (C=O) groups excluding carboxylic acids is 3. The maximum absolute atomic E-state index is 12.8. The van der Waals surface area contributed by atoms with Crippen LogP contribution >= 0.6 is 0 Å². The summed E-state index contributed by atoms with van der Waals surface area (Å²) in [4.78, 5) is 37.4. The molecule has 1 saturated heterocycles. The van der Waals surface area contributed by atoms with Gasteiger partial charge in [0, 0.05) is 12.5 Å². The first-order valence-corrected chi connectivity index (χ1v) is 9.55. The number of benzene rings is 1. The number of hydrogen-bond donors (Lipinski definition) is 2. The first kappa shape index (κ1) is 20.0. The van der Waals surface area contributed by atoms with Gasteiger partial charge in [-0.2, -0.15) is 5.01 Å². The van der Waals surface area contributed by atoms with E-state index in [0.717, 1.165) is 23.4 Å². The summed E-state index contributed by atoms with van der Waals surface area (Å²) in [6.07, 6.45) is 3.52. The van der Waals surface area contributed by atoms with Crippen molar-refractivity contribution in [1.82, 2.24) is 15.8 Å². The molecule has 8 heteroatoms. The number of aryl methyl sites for hydroxylation is 1. The van der Waals surface area contributed by atoms with Crippen molar-refractivity contribution in [3.05, 3.63) is 23.8 Å². The van der Waals surface area contributed by atoms with Crippen LogP contribution in [0, 0.1) is 5.92 Å². The lowest BCUT2D eigenvalue weighted by atomic mass is 9.77. The smallest absolute Gasteiger partial charge is 0.344 e. The summed E-state index contributed by atoms with van der Waals surface area (Å²) >= 11 is 0. The summed E-state index contributed by atoms with van der Waals surface area (Å²) in [5.41, 5.74) is 2.46. The zero-order valence-electron chi connectivity index (χ0n) is 16.5. The van der Waals surface area contributed by atoms with E-state index >= 15 is 0 Å². The maximum atomic E-state index is 12.8. The molecule has 8 nitrogen and oxygen atoms in total. The standard InChI is InChI=1S/C20H27N3O5/c1-13-6-8-20(9-7-13)18(25)23(19(26)21-20)22-17(24)5-4-14-10-15(27-2)12-16(11-14)28-3/h10-13H,4-9H2,1-3H3,(H,21,26)(H,22,24). The normalized spacial score (nSPS) is 24.2. The number of urea groups is 1. The fourth-order valence-electron chi connectivity index (χ4n) is 3.76. The minimum atomic E-state index is -0.864. The van der Waals surface area contributed by atoms with Crippen molar-refractivity contribution in [3.63, 3.8) is 0 Å². The van der Waals surface area contributed by atoms with Crippen LogP contribution in [0.1, 0.15) is 44.6 Å². The molecular formula is C20H27N3O5. The average molecular weight is 389 g/mol. The average Bonchev–Trinajstić information content (AvgIpc) is 2.92. The summed E-state index contributed by atoms with van der Waals surface area (Å²) < 4.78 is 10.4. The maximum Gasteiger partial charge on any atom is 0.344 e. The molecule has 1 saturated carbocycles. The Balaban J connectivity index is 1.59. The highest BCUT2D eigenvalue weighted by molar-refractivity contribution is 6.08. The second-order valence-corrected chi connectivity index (χ2v) is 7.59. The summed E-state index contributed by atoms with van der Waals surface area (Å²) in [5.74, 6) is 1.06. The molecule has 3 rings (SSSR count). The van der Waals surface area contributed by atoms with Crippen molar-refractivity contribution in [3.8, 4) is 11.5 Å². The molecule has 0 unspecified atom stereocenters. The SMILES string of the molecule is COc1cc(CCC(=O)NN2C(=O)NC3(CCC(C)CC3)C2=O)cc(OC)c1. The van der Waals surface area contributed by atoms with Gasteiger partial charge >= 0.3 is 6.03 Å². The van der Waals surface area contributed by atoms with Crippen LogP contribution in [-0.4, -0.2) is 42.6 Å². The Bertz CT molecular complexity index is 749. The number of rotatable bonds is 6. The van der Waals surface area contributed by atoms with E-state index in [1.807, 2.05) is 12.1 Å². The van der Waals surface area contributed by atoms with E-state index in [0.29, 0.717) is 36.7 Å². The number of imide groups is 1. The van der Waals surface area contributed by atoms with Gasteiger partial charge in [0.05, 0.1) is 14.2 Å². The lowest BCUT2D eigenvalue weighted by Crippen LogP contribution is -2.51. The van der Waals surface area contributed by atoms with Gasteiger partial charge in [0.1, 0.15) is 17.0 Å². The van der Waals surface area contributed by atoms with Gasteiger partial charge in [-0.25, -0.2) is 4.79 Å². The van der Waals surface area contributed by atoms with Gasteiger partial charge < -0.3 is 14.8 Å². The van der Waals surface area contributed by atoms with Crippen LogP contribution in [0.4, 0.5) is 4.79 Å². The Morgan fingerprint density at radius 3 is 2.36 bits per heavy atom. The van der Waals surface area contributed by atoms with Crippen LogP contribution in [0.15, 0.2) is 18.2 Å². The zero-order valence-corrected chi connectivity index (χ0v) is 16.5. The van der Waals surface area contributed by atoms with Gasteiger partial charge in [-0.15, -0.1) is 0 Å². The van der Waals surface area contributed by atoms with Gasteiger partial charge in [-0.3, -0.25) is 15.0 Å².